The van der Waals surface area contributed by atoms with Crippen LogP contribution < -0.4 is 5.32 Å². The van der Waals surface area contributed by atoms with Gasteiger partial charge in [0.05, 0.1) is 11.8 Å². The number of anilines is 1. The van der Waals surface area contributed by atoms with Crippen LogP contribution >= 0.6 is 11.8 Å². The molecule has 0 spiro atoms. The Morgan fingerprint density at radius 1 is 0.971 bits per heavy atom. The topological polar surface area (TPSA) is 74.1 Å². The number of aliphatic imine (C=N–C) groups is 1. The number of hydrogen-bond donors (Lipinski definition) is 1. The summed E-state index contributed by atoms with van der Waals surface area (Å²) in [7, 11) is 0. The number of rotatable bonds is 5. The molecule has 2 heterocycles. The van der Waals surface area contributed by atoms with Crippen molar-refractivity contribution >= 4 is 40.1 Å². The minimum Gasteiger partial charge on any atom is -0.326 e. The molecule has 0 saturated heterocycles. The molecule has 0 saturated carbocycles. The number of carbonyl (C=O) groups excluding carboxylic acids is 2. The van der Waals surface area contributed by atoms with Gasteiger partial charge >= 0.3 is 0 Å². The van der Waals surface area contributed by atoms with Gasteiger partial charge < -0.3 is 5.32 Å². The van der Waals surface area contributed by atoms with Crippen LogP contribution in [-0.2, 0) is 9.59 Å². The summed E-state index contributed by atoms with van der Waals surface area (Å²) in [6.45, 7) is 0. The van der Waals surface area contributed by atoms with Crippen molar-refractivity contribution in [3.63, 3.8) is 0 Å². The van der Waals surface area contributed by atoms with Crippen LogP contribution in [0.4, 0.5) is 14.5 Å². The Bertz CT molecular complexity index is 1310. The fourth-order valence-electron chi connectivity index (χ4n) is 3.95. The van der Waals surface area contributed by atoms with Crippen LogP contribution in [0.1, 0.15) is 30.0 Å². The second kappa shape index (κ2) is 9.79. The predicted octanol–water partition coefficient (Wildman–Crippen LogP) is 5.14. The molecule has 2 amide bonds. The average molecular weight is 491 g/mol. The molecule has 0 radical (unpaired) electrons. The van der Waals surface area contributed by atoms with Crippen molar-refractivity contribution in [3.8, 4) is 0 Å². The zero-order valence-electron chi connectivity index (χ0n) is 18.4. The summed E-state index contributed by atoms with van der Waals surface area (Å²) in [5, 5.41) is 8.82. The average Bonchev–Trinajstić information content (AvgIpc) is 3.45. The SMILES string of the molecule is O=C(C[C@H]1SC(N2N=C(c3ccc(F)cc3)C[C@H]2c2ccc(F)cc2)=NC1=O)Nc1ccccc1. The number of hydrazone groups is 1. The van der Waals surface area contributed by atoms with Gasteiger partial charge in [-0.05, 0) is 47.5 Å². The number of halogens is 2. The zero-order chi connectivity index (χ0) is 24.4. The van der Waals surface area contributed by atoms with Gasteiger partial charge in [0.25, 0.3) is 5.91 Å². The second-order valence-electron chi connectivity index (χ2n) is 8.13. The molecule has 35 heavy (non-hydrogen) atoms. The van der Waals surface area contributed by atoms with Crippen molar-refractivity contribution in [1.82, 2.24) is 5.01 Å². The number of benzene rings is 3. The molecule has 2 atom stereocenters. The maximum atomic E-state index is 13.5. The van der Waals surface area contributed by atoms with Crippen molar-refractivity contribution in [3.05, 3.63) is 102 Å². The third kappa shape index (κ3) is 5.14. The summed E-state index contributed by atoms with van der Waals surface area (Å²) in [6.07, 6.45) is 0.430. The molecule has 9 heteroatoms. The van der Waals surface area contributed by atoms with Crippen molar-refractivity contribution in [1.29, 1.82) is 0 Å². The van der Waals surface area contributed by atoms with Gasteiger partial charge in [-0.25, -0.2) is 13.8 Å². The van der Waals surface area contributed by atoms with Gasteiger partial charge in [-0.3, -0.25) is 9.59 Å². The molecule has 0 bridgehead atoms. The zero-order valence-corrected chi connectivity index (χ0v) is 19.2. The molecular weight excluding hydrogens is 470 g/mol. The molecule has 3 aromatic rings. The van der Waals surface area contributed by atoms with E-state index in [4.69, 9.17) is 5.10 Å². The smallest absolute Gasteiger partial charge is 0.262 e. The summed E-state index contributed by atoms with van der Waals surface area (Å²) >= 11 is 1.18. The predicted molar refractivity (Wildman–Crippen MR) is 132 cm³/mol. The monoisotopic (exact) mass is 490 g/mol. The number of carbonyl (C=O) groups is 2. The number of amides is 2. The second-order valence-corrected chi connectivity index (χ2v) is 9.30. The Balaban J connectivity index is 1.36. The molecule has 176 valence electrons. The number of para-hydroxylation sites is 1. The fourth-order valence-corrected chi connectivity index (χ4v) is 5.02. The standard InChI is InChI=1S/C26H20F2N4O2S/c27-18-10-6-16(7-11-18)21-14-22(17-8-12-19(28)13-9-17)32(31-21)26-30-25(34)23(35-26)15-24(33)29-20-4-2-1-3-5-20/h1-13,22-23H,14-15H2,(H,29,33)/t22-,23+/m0/s1. The lowest BCUT2D eigenvalue weighted by molar-refractivity contribution is -0.121. The van der Waals surface area contributed by atoms with E-state index in [1.807, 2.05) is 18.2 Å². The maximum Gasteiger partial charge on any atom is 0.262 e. The van der Waals surface area contributed by atoms with E-state index in [0.29, 0.717) is 23.0 Å². The normalized spacial score (nSPS) is 19.5. The van der Waals surface area contributed by atoms with Crippen LogP contribution in [0.3, 0.4) is 0 Å². The number of thioether (sulfide) groups is 1. The molecular formula is C26H20F2N4O2S. The van der Waals surface area contributed by atoms with Gasteiger partial charge in [0.15, 0.2) is 5.17 Å². The van der Waals surface area contributed by atoms with E-state index in [1.165, 1.54) is 36.0 Å². The molecule has 3 aromatic carbocycles. The summed E-state index contributed by atoms with van der Waals surface area (Å²) < 4.78 is 27.0. The summed E-state index contributed by atoms with van der Waals surface area (Å²) in [6, 6.07) is 20.8. The molecule has 0 aliphatic carbocycles. The van der Waals surface area contributed by atoms with Crippen molar-refractivity contribution in [2.75, 3.05) is 5.32 Å². The fraction of sp³-hybridized carbons (Fsp3) is 0.154. The van der Waals surface area contributed by atoms with Crippen LogP contribution in [0, 0.1) is 11.6 Å². The van der Waals surface area contributed by atoms with Gasteiger partial charge in [0.2, 0.25) is 5.91 Å². The van der Waals surface area contributed by atoms with E-state index < -0.39 is 11.2 Å². The highest BCUT2D eigenvalue weighted by atomic mass is 32.2. The summed E-state index contributed by atoms with van der Waals surface area (Å²) in [4.78, 5) is 29.3. The summed E-state index contributed by atoms with van der Waals surface area (Å²) in [5.74, 6) is -1.40. The van der Waals surface area contributed by atoms with E-state index in [-0.39, 0.29) is 30.0 Å². The molecule has 0 aromatic heterocycles. The number of nitrogens with one attached hydrogen (secondary N) is 1. The third-order valence-corrected chi connectivity index (χ3v) is 6.84. The first kappa shape index (κ1) is 22.9. The van der Waals surface area contributed by atoms with Crippen LogP contribution in [0.25, 0.3) is 0 Å². The van der Waals surface area contributed by atoms with E-state index in [1.54, 1.807) is 41.4 Å². The Kier molecular flexibility index (Phi) is 6.41. The number of hydrogen-bond acceptors (Lipinski definition) is 5. The maximum absolute atomic E-state index is 13.5. The first-order chi connectivity index (χ1) is 17.0. The minimum atomic E-state index is -0.673. The molecule has 5 rings (SSSR count). The van der Waals surface area contributed by atoms with Crippen molar-refractivity contribution in [2.24, 2.45) is 10.1 Å². The molecule has 6 nitrogen and oxygen atoms in total. The molecule has 2 aliphatic rings. The quantitative estimate of drug-likeness (QED) is 0.537. The van der Waals surface area contributed by atoms with E-state index in [9.17, 15) is 18.4 Å². The third-order valence-electron chi connectivity index (χ3n) is 5.70. The Labute approximate surface area is 204 Å². The van der Waals surface area contributed by atoms with Gasteiger partial charge in [0, 0.05) is 18.5 Å². The molecule has 0 unspecified atom stereocenters. The largest absolute Gasteiger partial charge is 0.326 e. The lowest BCUT2D eigenvalue weighted by Gasteiger charge is -2.23. The van der Waals surface area contributed by atoms with Crippen molar-refractivity contribution < 1.29 is 18.4 Å². The molecule has 1 N–H and O–H groups in total. The Morgan fingerprint density at radius 2 is 1.63 bits per heavy atom. The van der Waals surface area contributed by atoms with E-state index >= 15 is 0 Å². The van der Waals surface area contributed by atoms with Gasteiger partial charge in [0.1, 0.15) is 16.9 Å². The van der Waals surface area contributed by atoms with Gasteiger partial charge in [-0.2, -0.15) is 10.1 Å². The van der Waals surface area contributed by atoms with Gasteiger partial charge in [-0.15, -0.1) is 0 Å². The lowest BCUT2D eigenvalue weighted by Crippen LogP contribution is -2.25. The van der Waals surface area contributed by atoms with Crippen LogP contribution in [0.15, 0.2) is 89.0 Å². The lowest BCUT2D eigenvalue weighted by atomic mass is 9.98. The highest BCUT2D eigenvalue weighted by molar-refractivity contribution is 8.15. The van der Waals surface area contributed by atoms with E-state index in [0.717, 1.165) is 11.1 Å². The molecule has 2 aliphatic heterocycles. The summed E-state index contributed by atoms with van der Waals surface area (Å²) in [5.41, 5.74) is 2.89. The van der Waals surface area contributed by atoms with Crippen LogP contribution in [0.2, 0.25) is 0 Å². The minimum absolute atomic E-state index is 0.0328. The first-order valence-corrected chi connectivity index (χ1v) is 11.9. The molecule has 0 fully saturated rings. The first-order valence-electron chi connectivity index (χ1n) is 11.0. The number of nitrogens with zero attached hydrogens (tertiary/aromatic N) is 3. The van der Waals surface area contributed by atoms with Gasteiger partial charge in [-0.1, -0.05) is 54.2 Å². The van der Waals surface area contributed by atoms with E-state index in [2.05, 4.69) is 10.3 Å². The Morgan fingerprint density at radius 3 is 2.31 bits per heavy atom. The van der Waals surface area contributed by atoms with Crippen molar-refractivity contribution in [2.45, 2.75) is 24.1 Å². The highest BCUT2D eigenvalue weighted by Crippen LogP contribution is 2.38. The number of amidine groups is 1. The highest BCUT2D eigenvalue weighted by Gasteiger charge is 2.39. The van der Waals surface area contributed by atoms with Crippen LogP contribution in [0.5, 0.6) is 0 Å². The Hall–Kier alpha value is -3.85. The van der Waals surface area contributed by atoms with Crippen LogP contribution in [-0.4, -0.2) is 33.0 Å².